The molecule has 0 spiro atoms. The van der Waals surface area contributed by atoms with Gasteiger partial charge < -0.3 is 20.1 Å². The second kappa shape index (κ2) is 9.40. The van der Waals surface area contributed by atoms with Crippen molar-refractivity contribution in [3.8, 4) is 5.75 Å². The Morgan fingerprint density at radius 2 is 1.86 bits per heavy atom. The molecule has 0 radical (unpaired) electrons. The van der Waals surface area contributed by atoms with Gasteiger partial charge in [-0.15, -0.1) is 0 Å². The number of ether oxygens (including phenoxy) is 2. The van der Waals surface area contributed by atoms with E-state index in [1.807, 2.05) is 13.8 Å². The van der Waals surface area contributed by atoms with Crippen molar-refractivity contribution in [3.63, 3.8) is 0 Å². The average molecular weight is 405 g/mol. The largest absolute Gasteiger partial charge is 0.497 e. The minimum Gasteiger partial charge on any atom is -0.497 e. The highest BCUT2D eigenvalue weighted by Gasteiger charge is 2.48. The Labute approximate surface area is 169 Å². The number of imide groups is 1. The molecule has 1 aliphatic rings. The number of benzene rings is 1. The van der Waals surface area contributed by atoms with Crippen LogP contribution in [0, 0.1) is 5.92 Å². The maximum absolute atomic E-state index is 12.6. The van der Waals surface area contributed by atoms with Gasteiger partial charge in [0.2, 0.25) is 0 Å². The van der Waals surface area contributed by atoms with E-state index in [9.17, 15) is 19.2 Å². The number of rotatable bonds is 9. The van der Waals surface area contributed by atoms with Gasteiger partial charge in [-0.3, -0.25) is 19.3 Å². The first-order valence-corrected chi connectivity index (χ1v) is 9.38. The van der Waals surface area contributed by atoms with Gasteiger partial charge in [0.25, 0.3) is 11.8 Å². The van der Waals surface area contributed by atoms with Crippen LogP contribution in [0.2, 0.25) is 0 Å². The Kier molecular flexibility index (Phi) is 7.19. The lowest BCUT2D eigenvalue weighted by atomic mass is 9.92. The van der Waals surface area contributed by atoms with Crippen LogP contribution < -0.4 is 15.4 Å². The molecule has 0 bridgehead atoms. The van der Waals surface area contributed by atoms with E-state index < -0.39 is 42.5 Å². The van der Waals surface area contributed by atoms with Crippen LogP contribution >= 0.6 is 0 Å². The molecule has 29 heavy (non-hydrogen) atoms. The van der Waals surface area contributed by atoms with E-state index in [2.05, 4.69) is 10.6 Å². The summed E-state index contributed by atoms with van der Waals surface area (Å²) in [4.78, 5) is 49.4. The molecule has 1 atom stereocenters. The van der Waals surface area contributed by atoms with Crippen molar-refractivity contribution in [2.24, 2.45) is 5.92 Å². The third-order valence-electron chi connectivity index (χ3n) is 4.59. The minimum absolute atomic E-state index is 0.375. The van der Waals surface area contributed by atoms with Crippen LogP contribution in [-0.2, 0) is 19.1 Å². The lowest BCUT2D eigenvalue weighted by molar-refractivity contribution is -0.150. The van der Waals surface area contributed by atoms with E-state index in [1.165, 1.54) is 7.11 Å². The fourth-order valence-corrected chi connectivity index (χ4v) is 2.83. The van der Waals surface area contributed by atoms with Crippen molar-refractivity contribution in [2.75, 3.05) is 25.6 Å². The number of nitrogens with one attached hydrogen (secondary N) is 2. The third-order valence-corrected chi connectivity index (χ3v) is 4.59. The van der Waals surface area contributed by atoms with Gasteiger partial charge in [0, 0.05) is 5.69 Å². The molecule has 1 aromatic carbocycles. The Bertz CT molecular complexity index is 777. The van der Waals surface area contributed by atoms with Gasteiger partial charge in [-0.25, -0.2) is 4.79 Å². The number of carbonyl (C=O) groups is 4. The van der Waals surface area contributed by atoms with Crippen molar-refractivity contribution in [3.05, 3.63) is 24.3 Å². The topological polar surface area (TPSA) is 114 Å². The molecule has 0 aromatic heterocycles. The van der Waals surface area contributed by atoms with Crippen LogP contribution in [0.25, 0.3) is 0 Å². The predicted octanol–water partition coefficient (Wildman–Crippen LogP) is 1.92. The summed E-state index contributed by atoms with van der Waals surface area (Å²) in [6.45, 7) is 4.62. The number of nitrogens with zero attached hydrogens (tertiary/aromatic N) is 1. The normalized spacial score (nSPS) is 18.6. The fourth-order valence-electron chi connectivity index (χ4n) is 2.83. The average Bonchev–Trinajstić information content (AvgIpc) is 2.89. The first-order valence-electron chi connectivity index (χ1n) is 9.38. The molecule has 9 heteroatoms. The molecule has 0 unspecified atom stereocenters. The number of amides is 4. The molecule has 0 aliphatic carbocycles. The van der Waals surface area contributed by atoms with Crippen molar-refractivity contribution >= 4 is 29.5 Å². The van der Waals surface area contributed by atoms with Crippen molar-refractivity contribution in [1.29, 1.82) is 0 Å². The lowest BCUT2D eigenvalue weighted by Crippen LogP contribution is -2.44. The summed E-state index contributed by atoms with van der Waals surface area (Å²) < 4.78 is 9.92. The molecule has 2 N–H and O–H groups in total. The Morgan fingerprint density at radius 1 is 1.21 bits per heavy atom. The summed E-state index contributed by atoms with van der Waals surface area (Å²) >= 11 is 0. The Hall–Kier alpha value is -3.10. The van der Waals surface area contributed by atoms with Gasteiger partial charge in [0.15, 0.2) is 6.61 Å². The summed E-state index contributed by atoms with van der Waals surface area (Å²) in [6.07, 6.45) is 1.23. The highest BCUT2D eigenvalue weighted by Crippen LogP contribution is 2.24. The summed E-state index contributed by atoms with van der Waals surface area (Å²) in [5.74, 6) is -0.833. The highest BCUT2D eigenvalue weighted by molar-refractivity contribution is 6.08. The van der Waals surface area contributed by atoms with Crippen molar-refractivity contribution in [2.45, 2.75) is 39.2 Å². The van der Waals surface area contributed by atoms with Gasteiger partial charge in [-0.1, -0.05) is 13.8 Å². The molecule has 1 fully saturated rings. The number of urea groups is 1. The van der Waals surface area contributed by atoms with E-state index in [0.717, 1.165) is 11.3 Å². The number of hydrogen-bond donors (Lipinski definition) is 2. The van der Waals surface area contributed by atoms with Gasteiger partial charge in [-0.05, 0) is 49.9 Å². The van der Waals surface area contributed by atoms with Crippen molar-refractivity contribution in [1.82, 2.24) is 10.2 Å². The van der Waals surface area contributed by atoms with Gasteiger partial charge in [-0.2, -0.15) is 0 Å². The molecule has 1 aromatic rings. The molecule has 4 amide bonds. The highest BCUT2D eigenvalue weighted by atomic mass is 16.5. The van der Waals surface area contributed by atoms with E-state index in [-0.39, 0.29) is 0 Å². The molecule has 1 heterocycles. The molecule has 2 rings (SSSR count). The van der Waals surface area contributed by atoms with Crippen LogP contribution in [0.4, 0.5) is 10.5 Å². The van der Waals surface area contributed by atoms with Gasteiger partial charge in [0.05, 0.1) is 7.11 Å². The minimum atomic E-state index is -1.03. The molecule has 9 nitrogen and oxygen atoms in total. The zero-order valence-electron chi connectivity index (χ0n) is 17.1. The number of hydrogen-bond acceptors (Lipinski definition) is 6. The second-order valence-electron chi connectivity index (χ2n) is 7.52. The summed E-state index contributed by atoms with van der Waals surface area (Å²) in [5, 5.41) is 5.21. The molecular formula is C20H27N3O6. The maximum atomic E-state index is 12.6. The fraction of sp³-hybridized carbons (Fsp3) is 0.500. The van der Waals surface area contributed by atoms with Crippen LogP contribution in [0.15, 0.2) is 24.3 Å². The third kappa shape index (κ3) is 5.94. The number of carbonyl (C=O) groups excluding carboxylic acids is 4. The standard InChI is InChI=1S/C20H27N3O6/c1-13(2)9-10-20(3)18(26)23(19(27)22-20)11-17(25)29-12-16(24)21-14-5-7-15(28-4)8-6-14/h5-8,13H,9-12H2,1-4H3,(H,21,24)(H,22,27)/t20-/m0/s1. The predicted molar refractivity (Wildman–Crippen MR) is 105 cm³/mol. The molecule has 158 valence electrons. The maximum Gasteiger partial charge on any atom is 0.326 e. The van der Waals surface area contributed by atoms with E-state index in [4.69, 9.17) is 9.47 Å². The molecular weight excluding hydrogens is 378 g/mol. The van der Waals surface area contributed by atoms with Crippen LogP contribution in [0.5, 0.6) is 5.75 Å². The second-order valence-corrected chi connectivity index (χ2v) is 7.52. The van der Waals surface area contributed by atoms with Crippen LogP contribution in [0.3, 0.4) is 0 Å². The zero-order valence-corrected chi connectivity index (χ0v) is 17.1. The van der Waals surface area contributed by atoms with Crippen LogP contribution in [-0.4, -0.2) is 54.5 Å². The number of anilines is 1. The Balaban J connectivity index is 1.82. The first kappa shape index (κ1) is 22.2. The quantitative estimate of drug-likeness (QED) is 0.479. The Morgan fingerprint density at radius 3 is 2.45 bits per heavy atom. The summed E-state index contributed by atoms with van der Waals surface area (Å²) in [7, 11) is 1.53. The zero-order chi connectivity index (χ0) is 21.6. The van der Waals surface area contributed by atoms with E-state index in [1.54, 1.807) is 31.2 Å². The molecule has 1 aliphatic heterocycles. The first-order chi connectivity index (χ1) is 13.6. The number of methoxy groups -OCH3 is 1. The molecule has 1 saturated heterocycles. The number of esters is 1. The molecule has 0 saturated carbocycles. The SMILES string of the molecule is COc1ccc(NC(=O)COC(=O)CN2C(=O)N[C@@](C)(CCC(C)C)C2=O)cc1. The summed E-state index contributed by atoms with van der Waals surface area (Å²) in [5.41, 5.74) is -0.519. The van der Waals surface area contributed by atoms with Crippen LogP contribution in [0.1, 0.15) is 33.6 Å². The van der Waals surface area contributed by atoms with E-state index in [0.29, 0.717) is 23.8 Å². The summed E-state index contributed by atoms with van der Waals surface area (Å²) in [6, 6.07) is 6.00. The van der Waals surface area contributed by atoms with Gasteiger partial charge >= 0.3 is 12.0 Å². The van der Waals surface area contributed by atoms with E-state index >= 15 is 0 Å². The lowest BCUT2D eigenvalue weighted by Gasteiger charge is -2.22. The smallest absolute Gasteiger partial charge is 0.326 e. The monoisotopic (exact) mass is 405 g/mol. The van der Waals surface area contributed by atoms with Crippen molar-refractivity contribution < 1.29 is 28.7 Å². The van der Waals surface area contributed by atoms with Gasteiger partial charge in [0.1, 0.15) is 17.8 Å².